The van der Waals surface area contributed by atoms with Gasteiger partial charge in [-0.25, -0.2) is 0 Å². The molecule has 126 valence electrons. The molecular formula is C13H24ClN5O3. The van der Waals surface area contributed by atoms with Crippen molar-refractivity contribution in [3.05, 3.63) is 22.5 Å². The van der Waals surface area contributed by atoms with Gasteiger partial charge >= 0.3 is 5.69 Å². The van der Waals surface area contributed by atoms with Gasteiger partial charge in [0, 0.05) is 13.6 Å². The lowest BCUT2D eigenvalue weighted by Gasteiger charge is -2.34. The summed E-state index contributed by atoms with van der Waals surface area (Å²) < 4.78 is 1.32. The Labute approximate surface area is 136 Å². The standard InChI is InChI=1S/C13H23N5O3.ClH/c1-12(2,8-14)9-16(5)11(19)13(3,4)17-7-10(6-15-17)18(20)21;/h6-7H,8-9,14H2,1-5H3;1H. The predicted octanol–water partition coefficient (Wildman–Crippen LogP) is 1.39. The van der Waals surface area contributed by atoms with Gasteiger partial charge in [0.15, 0.2) is 0 Å². The molecule has 0 unspecified atom stereocenters. The summed E-state index contributed by atoms with van der Waals surface area (Å²) >= 11 is 0. The Balaban J connectivity index is 0.00000441. The molecule has 22 heavy (non-hydrogen) atoms. The summed E-state index contributed by atoms with van der Waals surface area (Å²) in [6, 6.07) is 0. The van der Waals surface area contributed by atoms with Crippen LogP contribution >= 0.6 is 12.4 Å². The fourth-order valence-corrected chi connectivity index (χ4v) is 2.06. The van der Waals surface area contributed by atoms with Crippen LogP contribution in [-0.4, -0.2) is 45.6 Å². The van der Waals surface area contributed by atoms with Crippen molar-refractivity contribution in [1.29, 1.82) is 0 Å². The molecule has 0 saturated heterocycles. The molecule has 0 radical (unpaired) electrons. The van der Waals surface area contributed by atoms with Crippen molar-refractivity contribution in [3.8, 4) is 0 Å². The number of carbonyl (C=O) groups excluding carboxylic acids is 1. The first-order valence-electron chi connectivity index (χ1n) is 6.66. The van der Waals surface area contributed by atoms with E-state index in [0.717, 1.165) is 6.20 Å². The highest BCUT2D eigenvalue weighted by molar-refractivity contribution is 5.85. The van der Waals surface area contributed by atoms with Gasteiger partial charge in [-0.15, -0.1) is 12.4 Å². The van der Waals surface area contributed by atoms with Crippen LogP contribution in [0.4, 0.5) is 5.69 Å². The second kappa shape index (κ2) is 7.06. The van der Waals surface area contributed by atoms with Gasteiger partial charge in [0.25, 0.3) is 0 Å². The number of hydrogen-bond donors (Lipinski definition) is 1. The van der Waals surface area contributed by atoms with E-state index in [1.165, 1.54) is 10.9 Å². The molecule has 1 aromatic rings. The summed E-state index contributed by atoms with van der Waals surface area (Å²) in [4.78, 5) is 24.4. The third kappa shape index (κ3) is 4.41. The van der Waals surface area contributed by atoms with E-state index in [4.69, 9.17) is 5.73 Å². The second-order valence-corrected chi connectivity index (χ2v) is 6.49. The summed E-state index contributed by atoms with van der Waals surface area (Å²) in [7, 11) is 1.69. The smallest absolute Gasteiger partial charge is 0.307 e. The number of amides is 1. The van der Waals surface area contributed by atoms with Gasteiger partial charge < -0.3 is 10.6 Å². The first-order valence-corrected chi connectivity index (χ1v) is 6.66. The molecule has 9 heteroatoms. The molecule has 1 amide bonds. The van der Waals surface area contributed by atoms with Gasteiger partial charge in [0.1, 0.15) is 17.9 Å². The molecule has 0 spiro atoms. The molecule has 0 aliphatic carbocycles. The fraction of sp³-hybridized carbons (Fsp3) is 0.692. The van der Waals surface area contributed by atoms with E-state index in [9.17, 15) is 14.9 Å². The van der Waals surface area contributed by atoms with E-state index in [1.54, 1.807) is 25.8 Å². The number of halogens is 1. The zero-order valence-electron chi connectivity index (χ0n) is 13.6. The molecule has 1 aromatic heterocycles. The topological polar surface area (TPSA) is 107 Å². The van der Waals surface area contributed by atoms with Crippen molar-refractivity contribution in [2.24, 2.45) is 11.1 Å². The Bertz CT molecular complexity index is 542. The average molecular weight is 334 g/mol. The highest BCUT2D eigenvalue weighted by Crippen LogP contribution is 2.22. The predicted molar refractivity (Wildman–Crippen MR) is 85.9 cm³/mol. The Morgan fingerprint density at radius 1 is 1.45 bits per heavy atom. The molecule has 0 saturated carbocycles. The fourth-order valence-electron chi connectivity index (χ4n) is 2.06. The van der Waals surface area contributed by atoms with Crippen molar-refractivity contribution in [1.82, 2.24) is 14.7 Å². The molecule has 1 rings (SSSR count). The van der Waals surface area contributed by atoms with Crippen molar-refractivity contribution >= 4 is 24.0 Å². The van der Waals surface area contributed by atoms with Gasteiger partial charge in [-0.05, 0) is 25.8 Å². The van der Waals surface area contributed by atoms with Crippen molar-refractivity contribution in [3.63, 3.8) is 0 Å². The zero-order valence-corrected chi connectivity index (χ0v) is 14.4. The third-order valence-electron chi connectivity index (χ3n) is 3.44. The molecule has 0 atom stereocenters. The molecule has 0 aliphatic heterocycles. The molecule has 0 aromatic carbocycles. The molecule has 8 nitrogen and oxygen atoms in total. The SMILES string of the molecule is CN(CC(C)(C)CN)C(=O)C(C)(C)n1cc([N+](=O)[O-])cn1.Cl. The van der Waals surface area contributed by atoms with Crippen molar-refractivity contribution in [2.75, 3.05) is 20.1 Å². The second-order valence-electron chi connectivity index (χ2n) is 6.49. The van der Waals surface area contributed by atoms with Gasteiger partial charge in [-0.3, -0.25) is 19.6 Å². The van der Waals surface area contributed by atoms with E-state index >= 15 is 0 Å². The Hall–Kier alpha value is -1.67. The van der Waals surface area contributed by atoms with Crippen molar-refractivity contribution < 1.29 is 9.72 Å². The maximum Gasteiger partial charge on any atom is 0.307 e. The van der Waals surface area contributed by atoms with Crippen LogP contribution < -0.4 is 5.73 Å². The lowest BCUT2D eigenvalue weighted by Crippen LogP contribution is -2.49. The molecule has 2 N–H and O–H groups in total. The summed E-state index contributed by atoms with van der Waals surface area (Å²) in [5, 5.41) is 14.6. The van der Waals surface area contributed by atoms with Crippen LogP contribution in [0.25, 0.3) is 0 Å². The first-order chi connectivity index (χ1) is 9.51. The number of nitrogens with zero attached hydrogens (tertiary/aromatic N) is 4. The highest BCUT2D eigenvalue weighted by atomic mass is 35.5. The summed E-state index contributed by atoms with van der Waals surface area (Å²) in [5.74, 6) is -0.179. The number of rotatable bonds is 6. The van der Waals surface area contributed by atoms with Crippen LogP contribution in [0.3, 0.4) is 0 Å². The number of nitrogens with two attached hydrogens (primary N) is 1. The van der Waals surface area contributed by atoms with Crippen LogP contribution in [0.2, 0.25) is 0 Å². The summed E-state index contributed by atoms with van der Waals surface area (Å²) in [6.07, 6.45) is 2.40. The van der Waals surface area contributed by atoms with Crippen LogP contribution in [-0.2, 0) is 10.3 Å². The summed E-state index contributed by atoms with van der Waals surface area (Å²) in [5.41, 5.74) is 4.34. The van der Waals surface area contributed by atoms with Crippen LogP contribution in [0.5, 0.6) is 0 Å². The van der Waals surface area contributed by atoms with E-state index in [2.05, 4.69) is 5.10 Å². The van der Waals surface area contributed by atoms with Gasteiger partial charge in [0.05, 0.1) is 4.92 Å². The van der Waals surface area contributed by atoms with E-state index in [-0.39, 0.29) is 29.4 Å². The minimum absolute atomic E-state index is 0. The van der Waals surface area contributed by atoms with Crippen LogP contribution in [0.15, 0.2) is 12.4 Å². The Kier molecular flexibility index (Phi) is 6.52. The number of likely N-dealkylation sites (N-methyl/N-ethyl adjacent to an activating group) is 1. The molecule has 0 bridgehead atoms. The lowest BCUT2D eigenvalue weighted by atomic mass is 9.92. The van der Waals surface area contributed by atoms with Gasteiger partial charge in [-0.1, -0.05) is 13.8 Å². The monoisotopic (exact) mass is 333 g/mol. The van der Waals surface area contributed by atoms with E-state index in [1.807, 2.05) is 13.8 Å². The number of carbonyl (C=O) groups is 1. The largest absolute Gasteiger partial charge is 0.343 e. The minimum atomic E-state index is -1.01. The minimum Gasteiger partial charge on any atom is -0.343 e. The number of nitro groups is 1. The third-order valence-corrected chi connectivity index (χ3v) is 3.44. The molecular weight excluding hydrogens is 310 g/mol. The Morgan fingerprint density at radius 3 is 2.41 bits per heavy atom. The highest BCUT2D eigenvalue weighted by Gasteiger charge is 2.35. The maximum absolute atomic E-state index is 12.6. The van der Waals surface area contributed by atoms with E-state index in [0.29, 0.717) is 13.1 Å². The number of aromatic nitrogens is 2. The molecule has 0 fully saturated rings. The zero-order chi connectivity index (χ0) is 16.4. The molecule has 0 aliphatic rings. The van der Waals surface area contributed by atoms with Crippen molar-refractivity contribution in [2.45, 2.75) is 33.2 Å². The quantitative estimate of drug-likeness (QED) is 0.625. The average Bonchev–Trinajstić information content (AvgIpc) is 2.87. The molecule has 1 heterocycles. The van der Waals surface area contributed by atoms with Crippen LogP contribution in [0.1, 0.15) is 27.7 Å². The van der Waals surface area contributed by atoms with Crippen LogP contribution in [0, 0.1) is 15.5 Å². The van der Waals surface area contributed by atoms with E-state index < -0.39 is 10.5 Å². The maximum atomic E-state index is 12.6. The first kappa shape index (κ1) is 20.3. The van der Waals surface area contributed by atoms with Gasteiger partial charge in [-0.2, -0.15) is 5.10 Å². The normalized spacial score (nSPS) is 11.7. The Morgan fingerprint density at radius 2 is 2.00 bits per heavy atom. The van der Waals surface area contributed by atoms with Gasteiger partial charge in [0.2, 0.25) is 5.91 Å². The lowest BCUT2D eigenvalue weighted by molar-refractivity contribution is -0.385. The number of hydrogen-bond acceptors (Lipinski definition) is 5. The summed E-state index contributed by atoms with van der Waals surface area (Å²) in [6.45, 7) is 8.26.